The van der Waals surface area contributed by atoms with Gasteiger partial charge in [0, 0.05) is 50.0 Å². The van der Waals surface area contributed by atoms with Crippen molar-refractivity contribution in [2.75, 3.05) is 48.8 Å². The molecule has 0 amide bonds. The van der Waals surface area contributed by atoms with Crippen LogP contribution in [-0.4, -0.2) is 64.2 Å². The van der Waals surface area contributed by atoms with E-state index in [1.807, 2.05) is 37.3 Å². The zero-order valence-electron chi connectivity index (χ0n) is 20.6. The van der Waals surface area contributed by atoms with Crippen molar-refractivity contribution in [3.05, 3.63) is 72.2 Å². The van der Waals surface area contributed by atoms with Crippen molar-refractivity contribution >= 4 is 34.9 Å². The predicted octanol–water partition coefficient (Wildman–Crippen LogP) is 3.32. The van der Waals surface area contributed by atoms with Crippen LogP contribution in [0.3, 0.4) is 0 Å². The lowest BCUT2D eigenvalue weighted by molar-refractivity contribution is 0.0601. The van der Waals surface area contributed by atoms with Crippen LogP contribution in [0.15, 0.2) is 60.9 Å². The maximum absolute atomic E-state index is 12.5. The molecule has 11 nitrogen and oxygen atoms in total. The zero-order chi connectivity index (χ0) is 25.6. The van der Waals surface area contributed by atoms with Crippen LogP contribution < -0.4 is 20.9 Å². The second kappa shape index (κ2) is 11.0. The van der Waals surface area contributed by atoms with Crippen molar-refractivity contribution in [3.63, 3.8) is 0 Å². The summed E-state index contributed by atoms with van der Waals surface area (Å²) in [5, 5.41) is 9.69. The van der Waals surface area contributed by atoms with Crippen molar-refractivity contribution in [2.24, 2.45) is 0 Å². The number of hydrogen-bond acceptors (Lipinski definition) is 11. The average molecular weight is 498 g/mol. The quantitative estimate of drug-likeness (QED) is 0.325. The van der Waals surface area contributed by atoms with Gasteiger partial charge in [-0.2, -0.15) is 4.98 Å². The van der Waals surface area contributed by atoms with Crippen molar-refractivity contribution in [1.29, 1.82) is 0 Å². The number of esters is 1. The molecule has 3 aromatic heterocycles. The van der Waals surface area contributed by atoms with E-state index in [1.54, 1.807) is 30.6 Å². The number of carbonyl (C=O) groups excluding carboxylic acids is 1. The van der Waals surface area contributed by atoms with Crippen LogP contribution in [0.25, 0.3) is 11.5 Å². The third-order valence-corrected chi connectivity index (χ3v) is 5.80. The first-order valence-electron chi connectivity index (χ1n) is 11.9. The summed E-state index contributed by atoms with van der Waals surface area (Å²) in [4.78, 5) is 37.0. The normalized spacial score (nSPS) is 13.2. The first kappa shape index (κ1) is 24.1. The fourth-order valence-electron chi connectivity index (χ4n) is 4.04. The van der Waals surface area contributed by atoms with E-state index in [0.717, 1.165) is 37.6 Å². The largest absolute Gasteiger partial charge is 0.465 e. The Labute approximate surface area is 214 Å². The van der Waals surface area contributed by atoms with E-state index in [1.165, 1.54) is 7.11 Å². The summed E-state index contributed by atoms with van der Waals surface area (Å²) in [5.41, 5.74) is 3.59. The number of pyridine rings is 1. The minimum absolute atomic E-state index is 0.366. The van der Waals surface area contributed by atoms with E-state index in [9.17, 15) is 4.79 Å². The summed E-state index contributed by atoms with van der Waals surface area (Å²) in [7, 11) is 1.38. The van der Waals surface area contributed by atoms with Gasteiger partial charge in [0.15, 0.2) is 5.82 Å². The Balaban J connectivity index is 1.34. The van der Waals surface area contributed by atoms with Gasteiger partial charge in [-0.15, -0.1) is 0 Å². The van der Waals surface area contributed by atoms with Crippen LogP contribution in [0.4, 0.5) is 29.0 Å². The molecule has 1 fully saturated rings. The molecule has 5 rings (SSSR count). The highest BCUT2D eigenvalue weighted by Gasteiger charge is 2.20. The van der Waals surface area contributed by atoms with Gasteiger partial charge in [-0.3, -0.25) is 0 Å². The average Bonchev–Trinajstić information content (AvgIpc) is 2.93. The Bertz CT molecular complexity index is 1410. The van der Waals surface area contributed by atoms with Gasteiger partial charge in [0.1, 0.15) is 17.3 Å². The molecule has 0 atom stereocenters. The summed E-state index contributed by atoms with van der Waals surface area (Å²) < 4.78 is 5.04. The molecule has 3 N–H and O–H groups in total. The molecule has 0 unspecified atom stereocenters. The molecule has 0 saturated carbocycles. The highest BCUT2D eigenvalue weighted by atomic mass is 16.5. The number of methoxy groups -OCH3 is 1. The first-order chi connectivity index (χ1) is 18.1. The third-order valence-electron chi connectivity index (χ3n) is 5.80. The van der Waals surface area contributed by atoms with E-state index in [4.69, 9.17) is 4.74 Å². The number of piperazine rings is 1. The second-order valence-corrected chi connectivity index (χ2v) is 8.41. The van der Waals surface area contributed by atoms with Crippen molar-refractivity contribution in [1.82, 2.24) is 30.2 Å². The topological polar surface area (TPSA) is 130 Å². The number of nitrogens with one attached hydrogen (secondary N) is 3. The minimum atomic E-state index is -0.392. The van der Waals surface area contributed by atoms with Gasteiger partial charge in [0.05, 0.1) is 18.4 Å². The summed E-state index contributed by atoms with van der Waals surface area (Å²) >= 11 is 0. The Hall–Kier alpha value is -4.64. The number of ether oxygens (including phenoxy) is 1. The monoisotopic (exact) mass is 497 g/mol. The maximum atomic E-state index is 12.5. The number of aryl methyl sites for hydroxylation is 1. The summed E-state index contributed by atoms with van der Waals surface area (Å²) in [5.74, 6) is 1.61. The van der Waals surface area contributed by atoms with Gasteiger partial charge < -0.3 is 25.6 Å². The Morgan fingerprint density at radius 3 is 2.51 bits per heavy atom. The van der Waals surface area contributed by atoms with Gasteiger partial charge in [-0.05, 0) is 49.4 Å². The van der Waals surface area contributed by atoms with Crippen LogP contribution in [0, 0.1) is 6.92 Å². The van der Waals surface area contributed by atoms with E-state index < -0.39 is 5.97 Å². The summed E-state index contributed by atoms with van der Waals surface area (Å²) in [6, 6.07) is 14.8. The number of hydrogen-bond donors (Lipinski definition) is 3. The number of benzene rings is 1. The van der Waals surface area contributed by atoms with Crippen molar-refractivity contribution in [2.45, 2.75) is 6.92 Å². The van der Waals surface area contributed by atoms with E-state index in [-0.39, 0.29) is 0 Å². The fraction of sp³-hybridized carbons (Fsp3) is 0.231. The summed E-state index contributed by atoms with van der Waals surface area (Å²) in [6.07, 6.45) is 3.31. The smallest absolute Gasteiger partial charge is 0.340 e. The lowest BCUT2D eigenvalue weighted by Gasteiger charge is -2.30. The van der Waals surface area contributed by atoms with Gasteiger partial charge in [-0.1, -0.05) is 6.07 Å². The van der Waals surface area contributed by atoms with E-state index >= 15 is 0 Å². The minimum Gasteiger partial charge on any atom is -0.465 e. The maximum Gasteiger partial charge on any atom is 0.340 e. The number of aromatic nitrogens is 5. The standard InChI is InChI=1S/C26H27N9O2/c1-17-4-3-5-20(30-17)24-28-10-8-22(33-24)32-23-9-11-29-26(34-23)31-18-6-7-21(19(16-18)25(36)37-2)35-14-12-27-13-15-35/h3-11,16,27H,12-15H2,1-2H3,(H2,28,29,31,32,33,34). The Morgan fingerprint density at radius 2 is 1.73 bits per heavy atom. The van der Waals surface area contributed by atoms with Gasteiger partial charge in [0.2, 0.25) is 5.95 Å². The molecule has 1 aliphatic heterocycles. The Kier molecular flexibility index (Phi) is 7.13. The highest BCUT2D eigenvalue weighted by molar-refractivity contribution is 5.97. The molecule has 0 bridgehead atoms. The molecule has 1 aromatic carbocycles. The fourth-order valence-corrected chi connectivity index (χ4v) is 4.04. The number of rotatable bonds is 7. The molecular weight excluding hydrogens is 470 g/mol. The molecule has 11 heteroatoms. The third kappa shape index (κ3) is 5.78. The lowest BCUT2D eigenvalue weighted by atomic mass is 10.1. The van der Waals surface area contributed by atoms with Gasteiger partial charge in [-0.25, -0.2) is 24.7 Å². The number of nitrogens with zero attached hydrogens (tertiary/aromatic N) is 6. The molecule has 188 valence electrons. The molecule has 0 aliphatic carbocycles. The van der Waals surface area contributed by atoms with Crippen LogP contribution >= 0.6 is 0 Å². The van der Waals surface area contributed by atoms with Crippen LogP contribution in [0.2, 0.25) is 0 Å². The first-order valence-corrected chi connectivity index (χ1v) is 11.9. The van der Waals surface area contributed by atoms with E-state index in [2.05, 4.69) is 45.8 Å². The van der Waals surface area contributed by atoms with Crippen molar-refractivity contribution < 1.29 is 9.53 Å². The molecule has 1 aliphatic rings. The zero-order valence-corrected chi connectivity index (χ0v) is 20.6. The van der Waals surface area contributed by atoms with Crippen LogP contribution in [0.1, 0.15) is 16.1 Å². The molecule has 4 heterocycles. The van der Waals surface area contributed by atoms with Gasteiger partial charge >= 0.3 is 5.97 Å². The van der Waals surface area contributed by atoms with E-state index in [0.29, 0.717) is 40.4 Å². The number of anilines is 5. The summed E-state index contributed by atoms with van der Waals surface area (Å²) in [6.45, 7) is 5.29. The molecule has 0 radical (unpaired) electrons. The molecule has 37 heavy (non-hydrogen) atoms. The van der Waals surface area contributed by atoms with Crippen molar-refractivity contribution in [3.8, 4) is 11.5 Å². The highest BCUT2D eigenvalue weighted by Crippen LogP contribution is 2.27. The molecule has 1 saturated heterocycles. The molecule has 0 spiro atoms. The van der Waals surface area contributed by atoms with Crippen LogP contribution in [-0.2, 0) is 4.74 Å². The molecular formula is C26H27N9O2. The lowest BCUT2D eigenvalue weighted by Crippen LogP contribution is -2.44. The SMILES string of the molecule is COC(=O)c1cc(Nc2nccc(Nc3ccnc(-c4cccc(C)n4)n3)n2)ccc1N1CCNCC1. The van der Waals surface area contributed by atoms with Gasteiger partial charge in [0.25, 0.3) is 0 Å². The van der Waals surface area contributed by atoms with Crippen LogP contribution in [0.5, 0.6) is 0 Å². The second-order valence-electron chi connectivity index (χ2n) is 8.41. The Morgan fingerprint density at radius 1 is 0.946 bits per heavy atom. The predicted molar refractivity (Wildman–Crippen MR) is 141 cm³/mol. The number of carbonyl (C=O) groups is 1. The molecule has 4 aromatic rings.